The Balaban J connectivity index is 3.54. The molecule has 0 aromatic rings. The van der Waals surface area contributed by atoms with Crippen molar-refractivity contribution >= 4 is 0 Å². The molecule has 0 aliphatic rings. The fraction of sp³-hybridized carbons (Fsp3) is 0.750. The van der Waals surface area contributed by atoms with E-state index in [-0.39, 0.29) is 0 Å². The van der Waals surface area contributed by atoms with Crippen molar-refractivity contribution in [2.75, 3.05) is 0 Å². The number of hydrogen-bond acceptors (Lipinski definition) is 0. The van der Waals surface area contributed by atoms with E-state index in [1.54, 1.807) is 0 Å². The summed E-state index contributed by atoms with van der Waals surface area (Å²) in [7, 11) is 0. The Kier molecular flexibility index (Phi) is 1.67. The van der Waals surface area contributed by atoms with Gasteiger partial charge in [0.2, 0.25) is 0 Å². The van der Waals surface area contributed by atoms with Crippen molar-refractivity contribution in [1.29, 1.82) is 0 Å². The first-order valence-electron chi connectivity index (χ1n) is 1.82. The van der Waals surface area contributed by atoms with E-state index in [1.165, 1.54) is 0 Å². The maximum Gasteiger partial charge on any atom is 0.346 e. The lowest BCUT2D eigenvalue weighted by Gasteiger charge is -2.08. The zero-order valence-electron chi connectivity index (χ0n) is 4.13. The van der Waals surface area contributed by atoms with Crippen molar-refractivity contribution < 1.29 is 13.2 Å². The second-order valence-electron chi connectivity index (χ2n) is 1.73. The van der Waals surface area contributed by atoms with Gasteiger partial charge in [-0.15, -0.1) is 0 Å². The fourth-order valence-corrected chi connectivity index (χ4v) is 0. The third kappa shape index (κ3) is 2.48. The molecule has 0 saturated heterocycles. The lowest BCUT2D eigenvalue weighted by atomic mass is 10.2. The molecule has 0 aliphatic heterocycles. The van der Waals surface area contributed by atoms with Crippen molar-refractivity contribution in [3.63, 3.8) is 0 Å². The second kappa shape index (κ2) is 1.72. The molecule has 0 aromatic heterocycles. The first-order valence-corrected chi connectivity index (χ1v) is 1.82. The van der Waals surface area contributed by atoms with Gasteiger partial charge in [0.05, 0.1) is 0 Å². The highest BCUT2D eigenvalue weighted by molar-refractivity contribution is 4.82. The maximum atomic E-state index is 11.7. The first kappa shape index (κ1) is 6.79. The van der Waals surface area contributed by atoms with E-state index < -0.39 is 12.1 Å². The summed E-state index contributed by atoms with van der Waals surface area (Å²) in [5, 5.41) is 0. The minimum Gasteiger partial charge on any atom is -0.238 e. The minimum absolute atomic E-state index is 0.808. The molecule has 0 rings (SSSR count). The average Bonchev–Trinajstić information content (AvgIpc) is 1.31. The normalized spacial score (nSPS) is 12.9. The minimum atomic E-state index is -2.42. The van der Waals surface area contributed by atoms with Gasteiger partial charge in [-0.1, -0.05) is 0 Å². The van der Waals surface area contributed by atoms with Crippen LogP contribution in [0, 0.1) is 6.43 Å². The van der Waals surface area contributed by atoms with E-state index in [9.17, 15) is 13.2 Å². The van der Waals surface area contributed by atoms with E-state index in [0.717, 1.165) is 13.8 Å². The number of rotatable bonds is 1. The molecule has 0 bridgehead atoms. The van der Waals surface area contributed by atoms with Gasteiger partial charge in [0.1, 0.15) is 0 Å². The predicted octanol–water partition coefficient (Wildman–Crippen LogP) is 2.16. The lowest BCUT2D eigenvalue weighted by Crippen LogP contribution is -2.15. The maximum absolute atomic E-state index is 11.7. The molecule has 3 heteroatoms. The van der Waals surface area contributed by atoms with Crippen LogP contribution in [-0.2, 0) is 0 Å². The van der Waals surface area contributed by atoms with Crippen LogP contribution in [0.2, 0.25) is 0 Å². The monoisotopic (exact) mass is 111 g/mol. The smallest absolute Gasteiger partial charge is 0.238 e. The zero-order chi connectivity index (χ0) is 6.08. The van der Waals surface area contributed by atoms with Gasteiger partial charge in [-0.05, 0) is 13.8 Å². The molecule has 0 aliphatic carbocycles. The zero-order valence-corrected chi connectivity index (χ0v) is 4.13. The molecule has 0 aromatic carbocycles. The van der Waals surface area contributed by atoms with Gasteiger partial charge >= 0.3 is 6.43 Å². The van der Waals surface area contributed by atoms with E-state index in [4.69, 9.17) is 0 Å². The predicted molar refractivity (Wildman–Crippen MR) is 20.6 cm³/mol. The van der Waals surface area contributed by atoms with Crippen LogP contribution in [0.25, 0.3) is 0 Å². The van der Waals surface area contributed by atoms with Gasteiger partial charge in [0, 0.05) is 0 Å². The first-order chi connectivity index (χ1) is 2.94. The highest BCUT2D eigenvalue weighted by atomic mass is 19.3. The summed E-state index contributed by atoms with van der Waals surface area (Å²) in [6.07, 6.45) is -2.17. The molecule has 0 atom stereocenters. The Morgan fingerprint density at radius 1 is 1.29 bits per heavy atom. The largest absolute Gasteiger partial charge is 0.346 e. The van der Waals surface area contributed by atoms with E-state index >= 15 is 0 Å². The summed E-state index contributed by atoms with van der Waals surface area (Å²) >= 11 is 0. The van der Waals surface area contributed by atoms with Crippen LogP contribution in [0.3, 0.4) is 0 Å². The molecule has 43 valence electrons. The Bertz CT molecular complexity index is 52.4. The third-order valence-corrected chi connectivity index (χ3v) is 0.449. The summed E-state index contributed by atoms with van der Waals surface area (Å²) in [4.78, 5) is 0. The van der Waals surface area contributed by atoms with E-state index in [1.807, 2.05) is 0 Å². The Hall–Kier alpha value is -0.210. The van der Waals surface area contributed by atoms with Gasteiger partial charge in [-0.3, -0.25) is 0 Å². The van der Waals surface area contributed by atoms with Crippen molar-refractivity contribution in [3.8, 4) is 0 Å². The summed E-state index contributed by atoms with van der Waals surface area (Å²) < 4.78 is 33.9. The van der Waals surface area contributed by atoms with Crippen LogP contribution >= 0.6 is 0 Å². The highest BCUT2D eigenvalue weighted by Crippen LogP contribution is 2.24. The van der Waals surface area contributed by atoms with E-state index in [2.05, 4.69) is 0 Å². The van der Waals surface area contributed by atoms with Crippen molar-refractivity contribution in [3.05, 3.63) is 6.43 Å². The van der Waals surface area contributed by atoms with Gasteiger partial charge in [0.25, 0.3) is 0 Å². The van der Waals surface area contributed by atoms with Crippen LogP contribution in [0.1, 0.15) is 13.8 Å². The Labute approximate surface area is 40.3 Å². The van der Waals surface area contributed by atoms with Crippen LogP contribution in [-0.4, -0.2) is 5.67 Å². The lowest BCUT2D eigenvalue weighted by molar-refractivity contribution is 0.0882. The molecule has 0 heterocycles. The van der Waals surface area contributed by atoms with Gasteiger partial charge in [-0.25, -0.2) is 4.39 Å². The summed E-state index contributed by atoms with van der Waals surface area (Å²) in [5.74, 6) is 0. The number of hydrogen-bond donors (Lipinski definition) is 0. The molecule has 1 radical (unpaired) electrons. The second-order valence-corrected chi connectivity index (χ2v) is 1.73. The van der Waals surface area contributed by atoms with E-state index in [0.29, 0.717) is 0 Å². The van der Waals surface area contributed by atoms with Gasteiger partial charge < -0.3 is 0 Å². The SMILES string of the molecule is CC(C)(F)[C](F)F. The molecule has 0 amide bonds. The molecule has 0 N–H and O–H groups in total. The summed E-state index contributed by atoms with van der Waals surface area (Å²) in [6.45, 7) is 1.62. The molecule has 0 saturated carbocycles. The molecule has 0 unspecified atom stereocenters. The average molecular weight is 111 g/mol. The van der Waals surface area contributed by atoms with Crippen LogP contribution in [0.4, 0.5) is 13.2 Å². The highest BCUT2D eigenvalue weighted by Gasteiger charge is 2.30. The van der Waals surface area contributed by atoms with Crippen LogP contribution in [0.15, 0.2) is 0 Å². The van der Waals surface area contributed by atoms with Gasteiger partial charge in [-0.2, -0.15) is 8.78 Å². The Morgan fingerprint density at radius 2 is 1.43 bits per heavy atom. The summed E-state index contributed by atoms with van der Waals surface area (Å²) in [5.41, 5.74) is -2.42. The molecule has 0 nitrogen and oxygen atoms in total. The van der Waals surface area contributed by atoms with Gasteiger partial charge in [0.15, 0.2) is 5.67 Å². The van der Waals surface area contributed by atoms with Crippen LogP contribution < -0.4 is 0 Å². The topological polar surface area (TPSA) is 0 Å². The quantitative estimate of drug-likeness (QED) is 0.486. The van der Waals surface area contributed by atoms with Crippen LogP contribution in [0.5, 0.6) is 0 Å². The molecular formula is C4H6F3. The Morgan fingerprint density at radius 3 is 1.43 bits per heavy atom. The van der Waals surface area contributed by atoms with Crippen molar-refractivity contribution in [2.24, 2.45) is 0 Å². The molecule has 0 spiro atoms. The van der Waals surface area contributed by atoms with Crippen molar-refractivity contribution in [2.45, 2.75) is 19.5 Å². The molecule has 0 fully saturated rings. The number of halogens is 3. The molecule has 7 heavy (non-hydrogen) atoms. The van der Waals surface area contributed by atoms with Crippen molar-refractivity contribution in [1.82, 2.24) is 0 Å². The standard InChI is InChI=1S/C4H6F3/c1-4(2,7)3(5)6/h1-2H3. The number of alkyl halides is 1. The third-order valence-electron chi connectivity index (χ3n) is 0.449. The fourth-order valence-electron chi connectivity index (χ4n) is 0. The molecular weight excluding hydrogens is 105 g/mol. The summed E-state index contributed by atoms with van der Waals surface area (Å²) in [6, 6.07) is 0.